The van der Waals surface area contributed by atoms with Crippen LogP contribution in [0.5, 0.6) is 5.75 Å². The van der Waals surface area contributed by atoms with Crippen LogP contribution in [-0.4, -0.2) is 48.2 Å². The van der Waals surface area contributed by atoms with Gasteiger partial charge in [-0.2, -0.15) is 0 Å². The van der Waals surface area contributed by atoms with Crippen LogP contribution in [0.2, 0.25) is 0 Å². The van der Waals surface area contributed by atoms with Crippen LogP contribution < -0.4 is 10.1 Å². The number of hydrogen-bond acceptors (Lipinski definition) is 5. The lowest BCUT2D eigenvalue weighted by Crippen LogP contribution is -2.33. The van der Waals surface area contributed by atoms with Gasteiger partial charge < -0.3 is 15.0 Å². The zero-order valence-electron chi connectivity index (χ0n) is 21.3. The lowest BCUT2D eigenvalue weighted by atomic mass is 9.97. The summed E-state index contributed by atoms with van der Waals surface area (Å²) in [6, 6.07) is 17.6. The number of amides is 1. The van der Waals surface area contributed by atoms with Gasteiger partial charge in [0.15, 0.2) is 5.78 Å². The summed E-state index contributed by atoms with van der Waals surface area (Å²) in [7, 11) is 0. The lowest BCUT2D eigenvalue weighted by Gasteiger charge is -2.22. The van der Waals surface area contributed by atoms with Crippen molar-refractivity contribution in [3.8, 4) is 16.9 Å². The number of hydrogen-bond donors (Lipinski definition) is 1. The van der Waals surface area contributed by atoms with Crippen LogP contribution in [0.1, 0.15) is 58.2 Å². The highest BCUT2D eigenvalue weighted by Gasteiger charge is 2.26. The number of fused-ring (bicyclic) bond motifs is 1. The van der Waals surface area contributed by atoms with Gasteiger partial charge in [0.1, 0.15) is 24.0 Å². The fourth-order valence-corrected chi connectivity index (χ4v) is 4.90. The van der Waals surface area contributed by atoms with E-state index in [0.29, 0.717) is 32.2 Å². The molecule has 6 nitrogen and oxygen atoms in total. The van der Waals surface area contributed by atoms with E-state index < -0.39 is 5.82 Å². The number of ether oxygens (including phenoxy) is 1. The summed E-state index contributed by atoms with van der Waals surface area (Å²) in [4.78, 5) is 31.5. The minimum absolute atomic E-state index is 0.0129. The molecule has 2 aliphatic heterocycles. The highest BCUT2D eigenvalue weighted by atomic mass is 19.1. The van der Waals surface area contributed by atoms with Crippen molar-refractivity contribution in [2.75, 3.05) is 19.7 Å². The molecule has 0 aromatic heterocycles. The molecule has 0 saturated heterocycles. The van der Waals surface area contributed by atoms with Crippen molar-refractivity contribution in [2.45, 2.75) is 39.8 Å². The Morgan fingerprint density at radius 3 is 2.43 bits per heavy atom. The molecule has 0 radical (unpaired) electrons. The van der Waals surface area contributed by atoms with Gasteiger partial charge >= 0.3 is 0 Å². The third-order valence-electron chi connectivity index (χ3n) is 6.93. The topological polar surface area (TPSA) is 71.0 Å². The molecule has 0 aliphatic carbocycles. The van der Waals surface area contributed by atoms with Crippen LogP contribution in [0.3, 0.4) is 0 Å². The van der Waals surface area contributed by atoms with Gasteiger partial charge in [0.05, 0.1) is 18.7 Å². The molecule has 190 valence electrons. The molecular formula is C30H30FN3O3. The predicted molar refractivity (Wildman–Crippen MR) is 142 cm³/mol. The van der Waals surface area contributed by atoms with Gasteiger partial charge in [-0.25, -0.2) is 4.39 Å². The first-order valence-electron chi connectivity index (χ1n) is 12.6. The van der Waals surface area contributed by atoms with E-state index in [2.05, 4.69) is 41.5 Å². The lowest BCUT2D eigenvalue weighted by molar-refractivity contribution is 0.0731. The number of Topliss-reactive ketones (excluding diaryl/α,β-unsaturated/α-hetero) is 1. The maximum atomic E-state index is 15.0. The SMILES string of the molecule is CCc1c(C(=O)N2CCOc3ccc(-c4ccc(C5=NCC(C)N5)cc4)cc3C2)ccc(C(C)=O)c1F. The number of rotatable bonds is 5. The molecule has 2 heterocycles. The van der Waals surface area contributed by atoms with Crippen LogP contribution in [-0.2, 0) is 13.0 Å². The van der Waals surface area contributed by atoms with E-state index >= 15 is 0 Å². The van der Waals surface area contributed by atoms with Crippen molar-refractivity contribution in [1.82, 2.24) is 10.2 Å². The largest absolute Gasteiger partial charge is 0.491 e. The fourth-order valence-electron chi connectivity index (χ4n) is 4.90. The summed E-state index contributed by atoms with van der Waals surface area (Å²) in [6.07, 6.45) is 0.315. The second-order valence-corrected chi connectivity index (χ2v) is 9.57. The Hall–Kier alpha value is -4.00. The van der Waals surface area contributed by atoms with Gasteiger partial charge in [-0.1, -0.05) is 37.3 Å². The molecule has 1 N–H and O–H groups in total. The van der Waals surface area contributed by atoms with Gasteiger partial charge in [-0.15, -0.1) is 0 Å². The van der Waals surface area contributed by atoms with Crippen molar-refractivity contribution < 1.29 is 18.7 Å². The molecule has 3 aromatic rings. The number of benzene rings is 3. The van der Waals surface area contributed by atoms with Crippen molar-refractivity contribution in [3.05, 3.63) is 88.2 Å². The summed E-state index contributed by atoms with van der Waals surface area (Å²) < 4.78 is 20.9. The average Bonchev–Trinajstić information content (AvgIpc) is 3.22. The Bertz CT molecular complexity index is 1400. The van der Waals surface area contributed by atoms with Crippen LogP contribution in [0, 0.1) is 5.82 Å². The predicted octanol–water partition coefficient (Wildman–Crippen LogP) is 5.03. The molecule has 7 heteroatoms. The van der Waals surface area contributed by atoms with Crippen LogP contribution in [0.15, 0.2) is 59.6 Å². The summed E-state index contributed by atoms with van der Waals surface area (Å²) in [5, 5.41) is 3.38. The van der Waals surface area contributed by atoms with Gasteiger partial charge in [-0.3, -0.25) is 14.6 Å². The molecule has 1 unspecified atom stereocenters. The third kappa shape index (κ3) is 4.86. The number of nitrogens with zero attached hydrogens (tertiary/aromatic N) is 2. The van der Waals surface area contributed by atoms with Crippen LogP contribution in [0.25, 0.3) is 11.1 Å². The first-order valence-corrected chi connectivity index (χ1v) is 12.6. The highest BCUT2D eigenvalue weighted by molar-refractivity contribution is 6.00. The number of carbonyl (C=O) groups is 2. The van der Waals surface area contributed by atoms with Gasteiger partial charge in [0, 0.05) is 34.8 Å². The first-order chi connectivity index (χ1) is 17.9. The minimum Gasteiger partial charge on any atom is -0.491 e. The molecular weight excluding hydrogens is 469 g/mol. The van der Waals surface area contributed by atoms with Crippen molar-refractivity contribution >= 4 is 17.5 Å². The quantitative estimate of drug-likeness (QED) is 0.500. The Morgan fingerprint density at radius 2 is 1.76 bits per heavy atom. The summed E-state index contributed by atoms with van der Waals surface area (Å²) in [5.74, 6) is 0.430. The normalized spacial score (nSPS) is 16.8. The maximum absolute atomic E-state index is 15.0. The number of nitrogens with one attached hydrogen (secondary N) is 1. The van der Waals surface area contributed by atoms with Crippen molar-refractivity contribution in [3.63, 3.8) is 0 Å². The second kappa shape index (κ2) is 10.2. The van der Waals surface area contributed by atoms with Crippen LogP contribution >= 0.6 is 0 Å². The Balaban J connectivity index is 1.40. The molecule has 0 bridgehead atoms. The van der Waals surface area contributed by atoms with Gasteiger partial charge in [0.25, 0.3) is 5.91 Å². The minimum atomic E-state index is -0.605. The first kappa shape index (κ1) is 24.7. The molecule has 1 amide bonds. The molecule has 0 fully saturated rings. The molecule has 2 aliphatic rings. The smallest absolute Gasteiger partial charge is 0.254 e. The third-order valence-corrected chi connectivity index (χ3v) is 6.93. The number of aliphatic imine (C=N–C) groups is 1. The van der Waals surface area contributed by atoms with E-state index in [1.54, 1.807) is 17.9 Å². The second-order valence-electron chi connectivity index (χ2n) is 9.57. The molecule has 37 heavy (non-hydrogen) atoms. The Kier molecular flexibility index (Phi) is 6.78. The maximum Gasteiger partial charge on any atom is 0.254 e. The van der Waals surface area contributed by atoms with Crippen LogP contribution in [0.4, 0.5) is 4.39 Å². The summed E-state index contributed by atoms with van der Waals surface area (Å²) in [6.45, 7) is 7.07. The summed E-state index contributed by atoms with van der Waals surface area (Å²) in [5.41, 5.74) is 4.59. The average molecular weight is 500 g/mol. The van der Waals surface area contributed by atoms with E-state index in [9.17, 15) is 14.0 Å². The highest BCUT2D eigenvalue weighted by Crippen LogP contribution is 2.31. The number of carbonyl (C=O) groups excluding carboxylic acids is 2. The zero-order chi connectivity index (χ0) is 26.1. The monoisotopic (exact) mass is 499 g/mol. The Morgan fingerprint density at radius 1 is 1.05 bits per heavy atom. The zero-order valence-corrected chi connectivity index (χ0v) is 21.3. The molecule has 0 saturated carbocycles. The number of halogens is 1. The fraction of sp³-hybridized carbons (Fsp3) is 0.300. The Labute approximate surface area is 216 Å². The van der Waals surface area contributed by atoms with Gasteiger partial charge in [-0.05, 0) is 55.7 Å². The van der Waals surface area contributed by atoms with E-state index in [1.165, 1.54) is 13.0 Å². The molecule has 5 rings (SSSR count). The van der Waals surface area contributed by atoms with E-state index in [-0.39, 0.29) is 28.4 Å². The van der Waals surface area contributed by atoms with Crippen molar-refractivity contribution in [1.29, 1.82) is 0 Å². The standard InChI is InChI=1S/C30H30FN3O3/c1-4-24-26(11-10-25(19(3)35)28(24)31)30(36)34-13-14-37-27-12-9-22(15-23(27)17-34)20-5-7-21(8-6-20)29-32-16-18(2)33-29/h5-12,15,18H,4,13-14,16-17H2,1-3H3,(H,32,33). The number of amidine groups is 1. The number of ketones is 1. The molecule has 1 atom stereocenters. The summed E-state index contributed by atoms with van der Waals surface area (Å²) >= 11 is 0. The van der Waals surface area contributed by atoms with E-state index in [1.807, 2.05) is 18.2 Å². The molecule has 3 aromatic carbocycles. The van der Waals surface area contributed by atoms with Crippen molar-refractivity contribution in [2.24, 2.45) is 4.99 Å². The van der Waals surface area contributed by atoms with Gasteiger partial charge in [0.2, 0.25) is 0 Å². The van der Waals surface area contributed by atoms with E-state index in [0.717, 1.165) is 40.4 Å². The van der Waals surface area contributed by atoms with E-state index in [4.69, 9.17) is 4.74 Å². The molecule has 0 spiro atoms.